The summed E-state index contributed by atoms with van der Waals surface area (Å²) in [5.74, 6) is -0.175. The molecule has 0 aromatic heterocycles. The summed E-state index contributed by atoms with van der Waals surface area (Å²) in [7, 11) is 0. The number of anilines is 2. The maximum absolute atomic E-state index is 13.1. The van der Waals surface area contributed by atoms with E-state index in [0.717, 1.165) is 5.69 Å². The smallest absolute Gasteiger partial charge is 0.313 e. The van der Waals surface area contributed by atoms with Crippen LogP contribution in [0.4, 0.5) is 15.8 Å². The van der Waals surface area contributed by atoms with E-state index < -0.39 is 11.8 Å². The predicted octanol–water partition coefficient (Wildman–Crippen LogP) is 3.91. The topological polar surface area (TPSA) is 61.9 Å². The lowest BCUT2D eigenvalue weighted by atomic mass is 10.2. The minimum Gasteiger partial charge on any atom is -0.457 e. The Morgan fingerprint density at radius 2 is 1.39 bits per heavy atom. The van der Waals surface area contributed by atoms with Crippen LogP contribution in [0.1, 0.15) is 0 Å². The lowest BCUT2D eigenvalue weighted by Gasteiger charge is -2.35. The van der Waals surface area contributed by atoms with Gasteiger partial charge in [-0.15, -0.1) is 0 Å². The molecule has 0 spiro atoms. The van der Waals surface area contributed by atoms with Crippen LogP contribution in [0.2, 0.25) is 0 Å². The lowest BCUT2D eigenvalue weighted by molar-refractivity contribution is -0.143. The van der Waals surface area contributed by atoms with Crippen LogP contribution in [0.3, 0.4) is 0 Å². The zero-order valence-corrected chi connectivity index (χ0v) is 16.8. The van der Waals surface area contributed by atoms with Gasteiger partial charge in [-0.2, -0.15) is 0 Å². The van der Waals surface area contributed by atoms with E-state index in [9.17, 15) is 14.0 Å². The number of para-hydroxylation sites is 1. The number of nitrogens with one attached hydrogen (secondary N) is 1. The van der Waals surface area contributed by atoms with Gasteiger partial charge in [0, 0.05) is 37.6 Å². The standard InChI is InChI=1S/C24H22FN3O3/c25-18-6-10-20(11-7-18)27-14-16-28(17-15-27)24(30)23(29)26-19-8-12-22(13-9-19)31-21-4-2-1-3-5-21/h1-13H,14-17H2,(H,26,29). The molecule has 0 saturated carbocycles. The van der Waals surface area contributed by atoms with Gasteiger partial charge in [-0.05, 0) is 60.7 Å². The summed E-state index contributed by atoms with van der Waals surface area (Å²) in [6, 6.07) is 22.5. The monoisotopic (exact) mass is 419 g/mol. The normalized spacial score (nSPS) is 13.6. The second kappa shape index (κ2) is 9.30. The first-order valence-electron chi connectivity index (χ1n) is 10.0. The highest BCUT2D eigenvalue weighted by Gasteiger charge is 2.26. The molecule has 0 bridgehead atoms. The third-order valence-electron chi connectivity index (χ3n) is 5.04. The Hall–Kier alpha value is -3.87. The third kappa shape index (κ3) is 5.19. The summed E-state index contributed by atoms with van der Waals surface area (Å²) in [6.07, 6.45) is 0. The molecule has 3 aromatic carbocycles. The molecule has 4 rings (SSSR count). The van der Waals surface area contributed by atoms with E-state index in [1.165, 1.54) is 17.0 Å². The SMILES string of the molecule is O=C(Nc1ccc(Oc2ccccc2)cc1)C(=O)N1CCN(c2ccc(F)cc2)CC1. The van der Waals surface area contributed by atoms with Crippen LogP contribution in [-0.4, -0.2) is 42.9 Å². The van der Waals surface area contributed by atoms with Gasteiger partial charge in [0.15, 0.2) is 0 Å². The van der Waals surface area contributed by atoms with Crippen molar-refractivity contribution in [2.75, 3.05) is 36.4 Å². The number of halogens is 1. The Kier molecular flexibility index (Phi) is 6.12. The van der Waals surface area contributed by atoms with Gasteiger partial charge in [0.25, 0.3) is 0 Å². The largest absolute Gasteiger partial charge is 0.457 e. The third-order valence-corrected chi connectivity index (χ3v) is 5.04. The van der Waals surface area contributed by atoms with Crippen LogP contribution >= 0.6 is 0 Å². The number of piperazine rings is 1. The van der Waals surface area contributed by atoms with Crippen molar-refractivity contribution in [1.82, 2.24) is 4.90 Å². The summed E-state index contributed by atoms with van der Waals surface area (Å²) in [6.45, 7) is 2.01. The fraction of sp³-hybridized carbons (Fsp3) is 0.167. The van der Waals surface area contributed by atoms with Crippen LogP contribution in [0.15, 0.2) is 78.9 Å². The minimum absolute atomic E-state index is 0.283. The van der Waals surface area contributed by atoms with Gasteiger partial charge < -0.3 is 19.9 Å². The van der Waals surface area contributed by atoms with Gasteiger partial charge in [0.05, 0.1) is 0 Å². The number of hydrogen-bond acceptors (Lipinski definition) is 4. The molecule has 1 fully saturated rings. The summed E-state index contributed by atoms with van der Waals surface area (Å²) in [4.78, 5) is 28.5. The number of carbonyl (C=O) groups is 2. The van der Waals surface area contributed by atoms with E-state index in [1.54, 1.807) is 36.4 Å². The highest BCUT2D eigenvalue weighted by Crippen LogP contribution is 2.23. The average Bonchev–Trinajstić information content (AvgIpc) is 2.81. The fourth-order valence-electron chi connectivity index (χ4n) is 3.38. The first-order valence-corrected chi connectivity index (χ1v) is 10.0. The Morgan fingerprint density at radius 1 is 0.774 bits per heavy atom. The average molecular weight is 419 g/mol. The Balaban J connectivity index is 1.28. The van der Waals surface area contributed by atoms with Gasteiger partial charge in [0.2, 0.25) is 0 Å². The maximum Gasteiger partial charge on any atom is 0.313 e. The van der Waals surface area contributed by atoms with Crippen molar-refractivity contribution in [3.63, 3.8) is 0 Å². The van der Waals surface area contributed by atoms with Crippen molar-refractivity contribution >= 4 is 23.2 Å². The summed E-state index contributed by atoms with van der Waals surface area (Å²) in [5.41, 5.74) is 1.42. The van der Waals surface area contributed by atoms with E-state index >= 15 is 0 Å². The maximum atomic E-state index is 13.1. The van der Waals surface area contributed by atoms with E-state index in [0.29, 0.717) is 43.4 Å². The molecule has 1 saturated heterocycles. The zero-order chi connectivity index (χ0) is 21.6. The molecule has 2 amide bonds. The number of amides is 2. The molecule has 1 aliphatic rings. The van der Waals surface area contributed by atoms with Crippen molar-refractivity contribution in [2.45, 2.75) is 0 Å². The molecule has 0 radical (unpaired) electrons. The van der Waals surface area contributed by atoms with Crippen LogP contribution in [0.5, 0.6) is 11.5 Å². The summed E-state index contributed by atoms with van der Waals surface area (Å²) >= 11 is 0. The molecule has 3 aromatic rings. The predicted molar refractivity (Wildman–Crippen MR) is 117 cm³/mol. The van der Waals surface area contributed by atoms with Crippen molar-refractivity contribution in [3.8, 4) is 11.5 Å². The molecular weight excluding hydrogens is 397 g/mol. The van der Waals surface area contributed by atoms with Gasteiger partial charge in [-0.1, -0.05) is 18.2 Å². The summed E-state index contributed by atoms with van der Waals surface area (Å²) in [5, 5.41) is 2.64. The molecule has 6 nitrogen and oxygen atoms in total. The molecule has 1 heterocycles. The number of hydrogen-bond donors (Lipinski definition) is 1. The van der Waals surface area contributed by atoms with Crippen molar-refractivity contribution < 1.29 is 18.7 Å². The molecule has 0 aliphatic carbocycles. The highest BCUT2D eigenvalue weighted by atomic mass is 19.1. The van der Waals surface area contributed by atoms with Gasteiger partial charge in [-0.3, -0.25) is 9.59 Å². The van der Waals surface area contributed by atoms with Gasteiger partial charge >= 0.3 is 11.8 Å². The van der Waals surface area contributed by atoms with Crippen LogP contribution in [0.25, 0.3) is 0 Å². The zero-order valence-electron chi connectivity index (χ0n) is 16.8. The van der Waals surface area contributed by atoms with E-state index in [2.05, 4.69) is 10.2 Å². The Bertz CT molecular complexity index is 1030. The Morgan fingerprint density at radius 3 is 2.03 bits per heavy atom. The molecule has 0 atom stereocenters. The fourth-order valence-corrected chi connectivity index (χ4v) is 3.38. The second-order valence-electron chi connectivity index (χ2n) is 7.15. The number of benzene rings is 3. The van der Waals surface area contributed by atoms with Crippen molar-refractivity contribution in [2.24, 2.45) is 0 Å². The lowest BCUT2D eigenvalue weighted by Crippen LogP contribution is -2.51. The molecule has 1 N–H and O–H groups in total. The minimum atomic E-state index is -0.674. The number of nitrogens with zero attached hydrogens (tertiary/aromatic N) is 2. The molecule has 158 valence electrons. The molecule has 31 heavy (non-hydrogen) atoms. The van der Waals surface area contributed by atoms with E-state index in [-0.39, 0.29) is 5.82 Å². The summed E-state index contributed by atoms with van der Waals surface area (Å²) < 4.78 is 18.8. The first-order chi connectivity index (χ1) is 15.1. The number of ether oxygens (including phenoxy) is 1. The second-order valence-corrected chi connectivity index (χ2v) is 7.15. The van der Waals surface area contributed by atoms with Gasteiger partial charge in [-0.25, -0.2) is 4.39 Å². The van der Waals surface area contributed by atoms with Crippen LogP contribution < -0.4 is 15.0 Å². The van der Waals surface area contributed by atoms with Crippen molar-refractivity contribution in [1.29, 1.82) is 0 Å². The van der Waals surface area contributed by atoms with Crippen LogP contribution in [-0.2, 0) is 9.59 Å². The molecule has 1 aliphatic heterocycles. The Labute approximate surface area is 179 Å². The highest BCUT2D eigenvalue weighted by molar-refractivity contribution is 6.39. The van der Waals surface area contributed by atoms with Gasteiger partial charge in [0.1, 0.15) is 17.3 Å². The first kappa shape index (κ1) is 20.4. The number of carbonyl (C=O) groups excluding carboxylic acids is 2. The molecule has 7 heteroatoms. The van der Waals surface area contributed by atoms with Crippen LogP contribution in [0, 0.1) is 5.82 Å². The quantitative estimate of drug-likeness (QED) is 0.652. The van der Waals surface area contributed by atoms with E-state index in [1.807, 2.05) is 30.3 Å². The molecule has 0 unspecified atom stereocenters. The number of rotatable bonds is 4. The molecular formula is C24H22FN3O3. The van der Waals surface area contributed by atoms with Crippen molar-refractivity contribution in [3.05, 3.63) is 84.7 Å². The van der Waals surface area contributed by atoms with E-state index in [4.69, 9.17) is 4.74 Å².